The van der Waals surface area contributed by atoms with Gasteiger partial charge in [0.2, 0.25) is 11.8 Å². The van der Waals surface area contributed by atoms with E-state index >= 15 is 0 Å². The van der Waals surface area contributed by atoms with Crippen LogP contribution in [0.1, 0.15) is 9.75 Å². The van der Waals surface area contributed by atoms with Crippen molar-refractivity contribution >= 4 is 51.9 Å². The summed E-state index contributed by atoms with van der Waals surface area (Å²) in [7, 11) is 0. The molecule has 3 aromatic rings. The van der Waals surface area contributed by atoms with E-state index in [-0.39, 0.29) is 18.4 Å². The van der Waals surface area contributed by atoms with Crippen LogP contribution in [0.25, 0.3) is 0 Å². The summed E-state index contributed by atoms with van der Waals surface area (Å²) < 4.78 is 0. The maximum atomic E-state index is 13.2. The van der Waals surface area contributed by atoms with Crippen LogP contribution in [-0.2, 0) is 22.6 Å². The largest absolute Gasteiger partial charge is 0.336 e. The summed E-state index contributed by atoms with van der Waals surface area (Å²) in [5, 5.41) is 4.08. The fourth-order valence-corrected chi connectivity index (χ4v) is 5.50. The van der Waals surface area contributed by atoms with Crippen molar-refractivity contribution in [3.05, 3.63) is 69.0 Å². The second-order valence-corrected chi connectivity index (χ2v) is 9.54. The fraction of sp³-hybridized carbons (Fsp3) is 0.238. The zero-order valence-corrected chi connectivity index (χ0v) is 17.7. The van der Waals surface area contributed by atoms with Gasteiger partial charge in [-0.15, -0.1) is 34.4 Å². The number of thiophene rings is 2. The Morgan fingerprint density at radius 2 is 1.75 bits per heavy atom. The van der Waals surface area contributed by atoms with Gasteiger partial charge < -0.3 is 9.80 Å². The molecule has 0 atom stereocenters. The number of fused-ring (bicyclic) bond motifs is 1. The van der Waals surface area contributed by atoms with Crippen molar-refractivity contribution in [1.82, 2.24) is 4.90 Å². The van der Waals surface area contributed by atoms with E-state index in [4.69, 9.17) is 0 Å². The molecule has 0 fully saturated rings. The Morgan fingerprint density at radius 1 is 1.00 bits per heavy atom. The molecular weight excluding hydrogens is 408 g/mol. The van der Waals surface area contributed by atoms with E-state index in [1.165, 1.54) is 16.6 Å². The molecule has 1 aliphatic heterocycles. The molecule has 3 heterocycles. The average molecular weight is 429 g/mol. The van der Waals surface area contributed by atoms with Crippen LogP contribution in [0.15, 0.2) is 64.2 Å². The van der Waals surface area contributed by atoms with Gasteiger partial charge in [-0.05, 0) is 41.4 Å². The molecule has 1 aliphatic rings. The summed E-state index contributed by atoms with van der Waals surface area (Å²) in [6.07, 6.45) is 0.829. The van der Waals surface area contributed by atoms with E-state index < -0.39 is 0 Å². The molecule has 4 rings (SSSR count). The SMILES string of the molecule is O=C(CN1C(=O)CSc2ccccc21)N(CCc1cccs1)Cc1cccs1. The number of carbonyl (C=O) groups excluding carboxylic acids is 2. The van der Waals surface area contributed by atoms with Gasteiger partial charge in [0.05, 0.1) is 18.0 Å². The van der Waals surface area contributed by atoms with Gasteiger partial charge in [-0.25, -0.2) is 0 Å². The highest BCUT2D eigenvalue weighted by Gasteiger charge is 2.28. The first-order chi connectivity index (χ1) is 13.7. The topological polar surface area (TPSA) is 40.6 Å². The number of hydrogen-bond acceptors (Lipinski definition) is 5. The highest BCUT2D eigenvalue weighted by Crippen LogP contribution is 2.34. The van der Waals surface area contributed by atoms with E-state index in [0.717, 1.165) is 21.9 Å². The molecule has 0 N–H and O–H groups in total. The van der Waals surface area contributed by atoms with Crippen LogP contribution in [0.4, 0.5) is 5.69 Å². The summed E-state index contributed by atoms with van der Waals surface area (Å²) in [6.45, 7) is 1.32. The molecule has 2 aromatic heterocycles. The van der Waals surface area contributed by atoms with E-state index in [1.54, 1.807) is 27.6 Å². The number of rotatable bonds is 7. The lowest BCUT2D eigenvalue weighted by molar-refractivity contribution is -0.131. The molecule has 4 nitrogen and oxygen atoms in total. The van der Waals surface area contributed by atoms with Gasteiger partial charge in [0.25, 0.3) is 0 Å². The molecule has 1 aromatic carbocycles. The van der Waals surface area contributed by atoms with E-state index in [9.17, 15) is 9.59 Å². The molecule has 0 unspecified atom stereocenters. The van der Waals surface area contributed by atoms with Gasteiger partial charge >= 0.3 is 0 Å². The number of nitrogens with zero attached hydrogens (tertiary/aromatic N) is 2. The number of amides is 2. The first kappa shape index (κ1) is 19.2. The zero-order valence-electron chi connectivity index (χ0n) is 15.2. The molecule has 0 aliphatic carbocycles. The highest BCUT2D eigenvalue weighted by molar-refractivity contribution is 8.00. The molecule has 7 heteroatoms. The molecular formula is C21H20N2O2S3. The lowest BCUT2D eigenvalue weighted by atomic mass is 10.2. The van der Waals surface area contributed by atoms with Crippen molar-refractivity contribution < 1.29 is 9.59 Å². The molecule has 0 radical (unpaired) electrons. The van der Waals surface area contributed by atoms with Crippen LogP contribution >= 0.6 is 34.4 Å². The number of para-hydroxylation sites is 1. The Labute approximate surface area is 176 Å². The number of benzene rings is 1. The minimum Gasteiger partial charge on any atom is -0.336 e. The molecule has 0 saturated heterocycles. The molecule has 144 valence electrons. The molecule has 0 spiro atoms. The maximum Gasteiger partial charge on any atom is 0.242 e. The van der Waals surface area contributed by atoms with Crippen molar-refractivity contribution in [3.63, 3.8) is 0 Å². The van der Waals surface area contributed by atoms with Gasteiger partial charge in [0, 0.05) is 21.2 Å². The standard InChI is InChI=1S/C21H20N2O2S3/c24-20(14-23-18-7-1-2-8-19(18)28-15-21(23)25)22(13-17-6-4-12-27-17)10-9-16-5-3-11-26-16/h1-8,11-12H,9-10,13-15H2. The van der Waals surface area contributed by atoms with Crippen molar-refractivity contribution in [2.45, 2.75) is 17.9 Å². The van der Waals surface area contributed by atoms with Crippen LogP contribution in [0.5, 0.6) is 0 Å². The molecule has 28 heavy (non-hydrogen) atoms. The Balaban J connectivity index is 1.50. The molecule has 2 amide bonds. The van der Waals surface area contributed by atoms with Crippen LogP contribution in [0, 0.1) is 0 Å². The predicted octanol–water partition coefficient (Wildman–Crippen LogP) is 4.52. The number of thioether (sulfide) groups is 1. The fourth-order valence-electron chi connectivity index (χ4n) is 3.15. The minimum absolute atomic E-state index is 0.00798. The summed E-state index contributed by atoms with van der Waals surface area (Å²) in [5.41, 5.74) is 0.839. The van der Waals surface area contributed by atoms with Crippen molar-refractivity contribution in [1.29, 1.82) is 0 Å². The summed E-state index contributed by atoms with van der Waals surface area (Å²) in [4.78, 5) is 32.7. The Hall–Kier alpha value is -2.09. The van der Waals surface area contributed by atoms with E-state index in [1.807, 2.05) is 52.7 Å². The smallest absolute Gasteiger partial charge is 0.242 e. The summed E-state index contributed by atoms with van der Waals surface area (Å²) in [5.74, 6) is 0.358. The van der Waals surface area contributed by atoms with Gasteiger partial charge in [-0.3, -0.25) is 9.59 Å². The number of hydrogen-bond donors (Lipinski definition) is 0. The van der Waals surface area contributed by atoms with E-state index in [0.29, 0.717) is 18.8 Å². The van der Waals surface area contributed by atoms with Crippen molar-refractivity contribution in [3.8, 4) is 0 Å². The van der Waals surface area contributed by atoms with Gasteiger partial charge in [-0.2, -0.15) is 0 Å². The van der Waals surface area contributed by atoms with Crippen molar-refractivity contribution in [2.75, 3.05) is 23.7 Å². The van der Waals surface area contributed by atoms with Crippen LogP contribution in [0.2, 0.25) is 0 Å². The third-order valence-corrected chi connectivity index (χ3v) is 7.43. The minimum atomic E-state index is -0.0139. The van der Waals surface area contributed by atoms with Crippen LogP contribution in [-0.4, -0.2) is 35.6 Å². The Morgan fingerprint density at radius 3 is 2.50 bits per heavy atom. The second-order valence-electron chi connectivity index (χ2n) is 6.46. The zero-order chi connectivity index (χ0) is 19.3. The molecule has 0 bridgehead atoms. The second kappa shape index (κ2) is 8.94. The lowest BCUT2D eigenvalue weighted by Gasteiger charge is -2.31. The van der Waals surface area contributed by atoms with Gasteiger partial charge in [0.15, 0.2) is 0 Å². The monoisotopic (exact) mass is 428 g/mol. The molecule has 0 saturated carbocycles. The van der Waals surface area contributed by atoms with Crippen LogP contribution in [0.3, 0.4) is 0 Å². The quantitative estimate of drug-likeness (QED) is 0.556. The third kappa shape index (κ3) is 4.48. The maximum absolute atomic E-state index is 13.2. The summed E-state index contributed by atoms with van der Waals surface area (Å²) >= 11 is 4.90. The average Bonchev–Trinajstić information content (AvgIpc) is 3.41. The van der Waals surface area contributed by atoms with Crippen molar-refractivity contribution in [2.24, 2.45) is 0 Å². The highest BCUT2D eigenvalue weighted by atomic mass is 32.2. The first-order valence-electron chi connectivity index (χ1n) is 9.05. The normalized spacial score (nSPS) is 13.4. The van der Waals surface area contributed by atoms with Gasteiger partial charge in [-0.1, -0.05) is 24.3 Å². The number of carbonyl (C=O) groups is 2. The number of anilines is 1. The van der Waals surface area contributed by atoms with E-state index in [2.05, 4.69) is 11.4 Å². The Kier molecular flexibility index (Phi) is 6.14. The predicted molar refractivity (Wildman–Crippen MR) is 117 cm³/mol. The van der Waals surface area contributed by atoms with Gasteiger partial charge in [0.1, 0.15) is 6.54 Å². The lowest BCUT2D eigenvalue weighted by Crippen LogP contribution is -2.45. The third-order valence-electron chi connectivity index (χ3n) is 4.59. The van der Waals surface area contributed by atoms with Crippen LogP contribution < -0.4 is 4.90 Å². The Bertz CT molecular complexity index is 938. The summed E-state index contributed by atoms with van der Waals surface area (Å²) in [6, 6.07) is 16.0. The first-order valence-corrected chi connectivity index (χ1v) is 11.8.